The van der Waals surface area contributed by atoms with Gasteiger partial charge in [-0.05, 0) is 18.2 Å². The molecule has 98 valence electrons. The first-order valence-corrected chi connectivity index (χ1v) is 6.22. The number of benzene rings is 1. The summed E-state index contributed by atoms with van der Waals surface area (Å²) in [5, 5.41) is 19.1. The molecule has 0 fully saturated rings. The van der Waals surface area contributed by atoms with Crippen molar-refractivity contribution in [2.45, 2.75) is 18.9 Å². The fourth-order valence-electron chi connectivity index (χ4n) is 2.57. The molecule has 2 unspecified atom stereocenters. The summed E-state index contributed by atoms with van der Waals surface area (Å²) >= 11 is 0. The first kappa shape index (κ1) is 11.8. The van der Waals surface area contributed by atoms with Crippen molar-refractivity contribution in [2.24, 2.45) is 5.92 Å². The summed E-state index contributed by atoms with van der Waals surface area (Å²) in [6.45, 7) is 0. The highest BCUT2D eigenvalue weighted by Gasteiger charge is 2.33. The van der Waals surface area contributed by atoms with Crippen LogP contribution in [0.15, 0.2) is 47.9 Å². The third-order valence-corrected chi connectivity index (χ3v) is 3.47. The van der Waals surface area contributed by atoms with Gasteiger partial charge in [-0.2, -0.15) is 0 Å². The normalized spacial score (nSPS) is 26.0. The zero-order valence-electron chi connectivity index (χ0n) is 10.2. The van der Waals surface area contributed by atoms with Crippen LogP contribution in [0.3, 0.4) is 0 Å². The zero-order valence-corrected chi connectivity index (χ0v) is 10.2. The molecule has 0 aromatic heterocycles. The molecule has 0 spiro atoms. The molecule has 0 radical (unpaired) electrons. The molecule has 0 amide bonds. The Morgan fingerprint density at radius 3 is 2.74 bits per heavy atom. The maximum Gasteiger partial charge on any atom is 0.170 e. The number of ketones is 1. The number of hydrogen-bond donors (Lipinski definition) is 2. The minimum absolute atomic E-state index is 0.0173. The second-order valence-corrected chi connectivity index (χ2v) is 4.87. The number of allylic oxidation sites excluding steroid dienone is 2. The molecule has 4 nitrogen and oxygen atoms in total. The van der Waals surface area contributed by atoms with Gasteiger partial charge >= 0.3 is 0 Å². The van der Waals surface area contributed by atoms with E-state index in [1.807, 2.05) is 6.07 Å². The maximum atomic E-state index is 12.1. The lowest BCUT2D eigenvalue weighted by molar-refractivity contribution is 0.0763. The van der Waals surface area contributed by atoms with Gasteiger partial charge in [0, 0.05) is 24.8 Å². The highest BCUT2D eigenvalue weighted by atomic mass is 16.5. The molecule has 1 heterocycles. The number of fused-ring (bicyclic) bond motifs is 1. The van der Waals surface area contributed by atoms with Crippen molar-refractivity contribution in [1.82, 2.24) is 0 Å². The number of hydrogen-bond acceptors (Lipinski definition) is 4. The van der Waals surface area contributed by atoms with Crippen molar-refractivity contribution in [2.75, 3.05) is 0 Å². The van der Waals surface area contributed by atoms with E-state index < -0.39 is 0 Å². The number of para-hydroxylation sites is 1. The predicted molar refractivity (Wildman–Crippen MR) is 69.3 cm³/mol. The van der Waals surface area contributed by atoms with Crippen molar-refractivity contribution in [3.63, 3.8) is 0 Å². The number of carbonyl (C=O) groups excluding carboxylic acids is 1. The van der Waals surface area contributed by atoms with Crippen LogP contribution in [0, 0.1) is 5.92 Å². The van der Waals surface area contributed by atoms with Gasteiger partial charge in [-0.25, -0.2) is 0 Å². The van der Waals surface area contributed by atoms with Crippen LogP contribution in [0.4, 0.5) is 0 Å². The fraction of sp³-hybridized carbons (Fsp3) is 0.267. The Balaban J connectivity index is 1.86. The molecule has 19 heavy (non-hydrogen) atoms. The topological polar surface area (TPSA) is 66.8 Å². The molecule has 1 aliphatic carbocycles. The Bertz CT molecular complexity index is 586. The summed E-state index contributed by atoms with van der Waals surface area (Å²) in [5.74, 6) is 0.547. The summed E-state index contributed by atoms with van der Waals surface area (Å²) in [5.41, 5.74) is 0.600. The Kier molecular flexibility index (Phi) is 2.78. The van der Waals surface area contributed by atoms with E-state index in [0.717, 1.165) is 0 Å². The van der Waals surface area contributed by atoms with Gasteiger partial charge in [0.15, 0.2) is 5.78 Å². The quantitative estimate of drug-likeness (QED) is 0.812. The minimum atomic E-state index is -0.347. The van der Waals surface area contributed by atoms with Crippen molar-refractivity contribution in [3.05, 3.63) is 53.5 Å². The number of Topliss-reactive ketones (excluding diaryl/α,β-unsaturated/α-hetero) is 1. The second kappa shape index (κ2) is 4.46. The summed E-state index contributed by atoms with van der Waals surface area (Å²) < 4.78 is 5.82. The first-order chi connectivity index (χ1) is 9.13. The van der Waals surface area contributed by atoms with E-state index >= 15 is 0 Å². The minimum Gasteiger partial charge on any atom is -0.512 e. The molecule has 3 rings (SSSR count). The molecule has 2 N–H and O–H groups in total. The second-order valence-electron chi connectivity index (χ2n) is 4.87. The molecule has 2 atom stereocenters. The van der Waals surface area contributed by atoms with Gasteiger partial charge in [-0.1, -0.05) is 12.1 Å². The van der Waals surface area contributed by atoms with Gasteiger partial charge in [0.05, 0.1) is 11.3 Å². The van der Waals surface area contributed by atoms with Crippen LogP contribution >= 0.6 is 0 Å². The zero-order chi connectivity index (χ0) is 13.4. The lowest BCUT2D eigenvalue weighted by Crippen LogP contribution is -2.34. The van der Waals surface area contributed by atoms with E-state index in [1.54, 1.807) is 24.3 Å². The smallest absolute Gasteiger partial charge is 0.170 e. The largest absolute Gasteiger partial charge is 0.512 e. The van der Waals surface area contributed by atoms with Crippen LogP contribution < -0.4 is 4.74 Å². The van der Waals surface area contributed by atoms with Gasteiger partial charge in [0.2, 0.25) is 0 Å². The van der Waals surface area contributed by atoms with Gasteiger partial charge in [-0.3, -0.25) is 4.79 Å². The van der Waals surface area contributed by atoms with Crippen LogP contribution in [-0.2, 0) is 0 Å². The van der Waals surface area contributed by atoms with Crippen LogP contribution in [-0.4, -0.2) is 22.1 Å². The Hall–Kier alpha value is -2.23. The molecule has 0 saturated carbocycles. The van der Waals surface area contributed by atoms with Gasteiger partial charge in [0.25, 0.3) is 0 Å². The lowest BCUT2D eigenvalue weighted by Gasteiger charge is -2.31. The molecule has 1 aromatic rings. The highest BCUT2D eigenvalue weighted by molar-refractivity contribution is 5.99. The van der Waals surface area contributed by atoms with Crippen molar-refractivity contribution in [3.8, 4) is 5.75 Å². The highest BCUT2D eigenvalue weighted by Crippen LogP contribution is 2.34. The molecule has 1 aliphatic heterocycles. The summed E-state index contributed by atoms with van der Waals surface area (Å²) in [7, 11) is 0. The number of aliphatic hydroxyl groups excluding tert-OH is 2. The van der Waals surface area contributed by atoms with Crippen molar-refractivity contribution in [1.29, 1.82) is 0 Å². The molecule has 2 aliphatic rings. The number of aliphatic hydroxyl groups is 2. The van der Waals surface area contributed by atoms with Gasteiger partial charge in [-0.15, -0.1) is 0 Å². The molecule has 1 aromatic carbocycles. The molecular formula is C15H14O4. The fourth-order valence-corrected chi connectivity index (χ4v) is 2.57. The first-order valence-electron chi connectivity index (χ1n) is 6.22. The van der Waals surface area contributed by atoms with E-state index in [1.165, 1.54) is 6.08 Å². The third-order valence-electron chi connectivity index (χ3n) is 3.47. The number of rotatable bonds is 1. The van der Waals surface area contributed by atoms with Gasteiger partial charge < -0.3 is 14.9 Å². The monoisotopic (exact) mass is 258 g/mol. The maximum absolute atomic E-state index is 12.1. The van der Waals surface area contributed by atoms with E-state index in [0.29, 0.717) is 17.7 Å². The summed E-state index contributed by atoms with van der Waals surface area (Å²) in [4.78, 5) is 12.1. The Morgan fingerprint density at radius 1 is 1.16 bits per heavy atom. The average Bonchev–Trinajstić information content (AvgIpc) is 2.37. The van der Waals surface area contributed by atoms with E-state index in [9.17, 15) is 15.0 Å². The standard InChI is InChI=1S/C15H14O4/c16-10-5-9(6-11(17)7-10)15-8-13(18)12-3-1-2-4-14(12)19-15/h1-5,7,9,15-17H,6,8H2. The molecule has 4 heteroatoms. The van der Waals surface area contributed by atoms with E-state index in [4.69, 9.17) is 4.74 Å². The van der Waals surface area contributed by atoms with E-state index in [2.05, 4.69) is 0 Å². The predicted octanol–water partition coefficient (Wildman–Crippen LogP) is 2.92. The van der Waals surface area contributed by atoms with E-state index in [-0.39, 0.29) is 35.7 Å². The average molecular weight is 258 g/mol. The molecule has 0 saturated heterocycles. The van der Waals surface area contributed by atoms with Gasteiger partial charge in [0.1, 0.15) is 17.6 Å². The Labute approximate surface area is 110 Å². The number of ether oxygens (including phenoxy) is 1. The number of carbonyl (C=O) groups is 1. The summed E-state index contributed by atoms with van der Waals surface area (Å²) in [6.07, 6.45) is 3.24. The van der Waals surface area contributed by atoms with Crippen molar-refractivity contribution >= 4 is 5.78 Å². The van der Waals surface area contributed by atoms with Crippen molar-refractivity contribution < 1.29 is 19.7 Å². The van der Waals surface area contributed by atoms with Crippen LogP contribution in [0.2, 0.25) is 0 Å². The van der Waals surface area contributed by atoms with Crippen LogP contribution in [0.1, 0.15) is 23.2 Å². The molecular weight excluding hydrogens is 244 g/mol. The van der Waals surface area contributed by atoms with Crippen LogP contribution in [0.25, 0.3) is 0 Å². The third kappa shape index (κ3) is 2.21. The summed E-state index contributed by atoms with van der Waals surface area (Å²) in [6, 6.07) is 7.14. The van der Waals surface area contributed by atoms with Crippen LogP contribution in [0.5, 0.6) is 5.75 Å². The Morgan fingerprint density at radius 2 is 1.95 bits per heavy atom. The lowest BCUT2D eigenvalue weighted by atomic mass is 9.87. The molecule has 0 bridgehead atoms. The SMILES string of the molecule is O=C1CC(C2C=C(O)C=C(O)C2)Oc2ccccc21.